The normalized spacial score (nSPS) is 14.3. The maximum absolute atomic E-state index is 13.0. The Hall–Kier alpha value is -2.46. The summed E-state index contributed by atoms with van der Waals surface area (Å²) in [7, 11) is -9.91. The molecule has 0 radical (unpaired) electrons. The third-order valence-corrected chi connectivity index (χ3v) is 17.6. The number of rotatable bonds is 68. The van der Waals surface area contributed by atoms with Crippen LogP contribution in [0.1, 0.15) is 336 Å². The highest BCUT2D eigenvalue weighted by Gasteiger charge is 2.30. The van der Waals surface area contributed by atoms with Gasteiger partial charge in [-0.05, 0) is 57.3 Å². The summed E-state index contributed by atoms with van der Waals surface area (Å²) in [5.74, 6) is -1.46. The van der Waals surface area contributed by atoms with Gasteiger partial charge in [0.25, 0.3) is 0 Å². The molecule has 0 aliphatic rings. The maximum Gasteiger partial charge on any atom is 0.472 e. The highest BCUT2D eigenvalue weighted by molar-refractivity contribution is 7.47. The van der Waals surface area contributed by atoms with Crippen molar-refractivity contribution in [3.05, 3.63) is 24.3 Å². The molecule has 0 amide bonds. The average molecular weight is 1310 g/mol. The van der Waals surface area contributed by atoms with Gasteiger partial charge in [0.1, 0.15) is 19.3 Å². The van der Waals surface area contributed by atoms with Gasteiger partial charge in [0.05, 0.1) is 26.4 Å². The monoisotopic (exact) mass is 1310 g/mol. The van der Waals surface area contributed by atoms with E-state index in [-0.39, 0.29) is 25.7 Å². The van der Waals surface area contributed by atoms with Crippen LogP contribution >= 0.6 is 15.6 Å². The number of unbranched alkanes of at least 4 members (excludes halogenated alkanes) is 37. The number of carbonyl (C=O) groups excluding carboxylic acids is 4. The molecule has 0 heterocycles. The summed E-state index contributed by atoms with van der Waals surface area (Å²) in [6.07, 6.45) is 52.3. The van der Waals surface area contributed by atoms with E-state index in [0.29, 0.717) is 31.6 Å². The van der Waals surface area contributed by atoms with Gasteiger partial charge in [-0.1, -0.05) is 284 Å². The summed E-state index contributed by atoms with van der Waals surface area (Å²) in [5, 5.41) is 10.6. The zero-order valence-electron chi connectivity index (χ0n) is 57.0. The van der Waals surface area contributed by atoms with E-state index in [0.717, 1.165) is 116 Å². The molecule has 19 heteroatoms. The third kappa shape index (κ3) is 64.1. The van der Waals surface area contributed by atoms with Crippen molar-refractivity contribution in [3.8, 4) is 0 Å². The van der Waals surface area contributed by atoms with Crippen LogP contribution in [0.15, 0.2) is 24.3 Å². The van der Waals surface area contributed by atoms with Gasteiger partial charge in [0, 0.05) is 25.7 Å². The SMILES string of the molecule is CCCCCC/C=C\C=C/CCCCCCCC(=O)OC[C@H](COP(=O)(O)OC[C@@H](O)COP(=O)(O)OC[C@@H](COC(=O)CCCCCCCCCC)OC(=O)CCCCCCCCCC(C)C)OC(=O)CCCCCCCCCCCCCCCCCC. The molecule has 0 aromatic rings. The van der Waals surface area contributed by atoms with E-state index in [4.69, 9.17) is 37.0 Å². The molecular formula is C70H132O17P2. The van der Waals surface area contributed by atoms with Gasteiger partial charge in [0.2, 0.25) is 0 Å². The fraction of sp³-hybridized carbons (Fsp3) is 0.886. The summed E-state index contributed by atoms with van der Waals surface area (Å²) in [4.78, 5) is 72.4. The van der Waals surface area contributed by atoms with Crippen molar-refractivity contribution < 1.29 is 80.2 Å². The first kappa shape index (κ1) is 86.5. The first-order valence-corrected chi connectivity index (χ1v) is 38.9. The van der Waals surface area contributed by atoms with Crippen molar-refractivity contribution in [1.82, 2.24) is 0 Å². The smallest absolute Gasteiger partial charge is 0.462 e. The Bertz CT molecular complexity index is 1810. The van der Waals surface area contributed by atoms with Crippen molar-refractivity contribution in [2.24, 2.45) is 5.92 Å². The molecule has 0 spiro atoms. The molecule has 2 unspecified atom stereocenters. The molecule has 17 nitrogen and oxygen atoms in total. The molecule has 0 rings (SSSR count). The van der Waals surface area contributed by atoms with E-state index >= 15 is 0 Å². The lowest BCUT2D eigenvalue weighted by Crippen LogP contribution is -2.30. The third-order valence-electron chi connectivity index (χ3n) is 15.7. The minimum Gasteiger partial charge on any atom is -0.462 e. The molecule has 5 atom stereocenters. The van der Waals surface area contributed by atoms with Gasteiger partial charge < -0.3 is 33.8 Å². The number of aliphatic hydroxyl groups excluding tert-OH is 1. The van der Waals surface area contributed by atoms with E-state index in [2.05, 4.69) is 58.9 Å². The number of esters is 4. The molecule has 0 saturated carbocycles. The number of phosphoric acid groups is 2. The van der Waals surface area contributed by atoms with Crippen molar-refractivity contribution in [3.63, 3.8) is 0 Å². The summed E-state index contributed by atoms with van der Waals surface area (Å²) in [6.45, 7) is 7.09. The zero-order chi connectivity index (χ0) is 65.6. The number of hydrogen-bond donors (Lipinski definition) is 3. The van der Waals surface area contributed by atoms with Crippen LogP contribution in [0.2, 0.25) is 0 Å². The molecular weight excluding hydrogens is 1170 g/mol. The summed E-state index contributed by atoms with van der Waals surface area (Å²) in [6, 6.07) is 0. The Morgan fingerprint density at radius 3 is 0.921 bits per heavy atom. The molecule has 89 heavy (non-hydrogen) atoms. The van der Waals surface area contributed by atoms with Gasteiger partial charge >= 0.3 is 39.5 Å². The topological polar surface area (TPSA) is 237 Å². The molecule has 0 fully saturated rings. The Balaban J connectivity index is 5.25. The summed E-state index contributed by atoms with van der Waals surface area (Å²) < 4.78 is 68.1. The predicted octanol–water partition coefficient (Wildman–Crippen LogP) is 19.7. The highest BCUT2D eigenvalue weighted by atomic mass is 31.2. The number of ether oxygens (including phenoxy) is 4. The Morgan fingerprint density at radius 1 is 0.348 bits per heavy atom. The predicted molar refractivity (Wildman–Crippen MR) is 358 cm³/mol. The van der Waals surface area contributed by atoms with Crippen LogP contribution in [-0.2, 0) is 65.4 Å². The van der Waals surface area contributed by atoms with Gasteiger partial charge in [-0.25, -0.2) is 9.13 Å². The van der Waals surface area contributed by atoms with Crippen LogP contribution in [0.3, 0.4) is 0 Å². The molecule has 0 aliphatic carbocycles. The van der Waals surface area contributed by atoms with Crippen LogP contribution in [-0.4, -0.2) is 96.7 Å². The summed E-state index contributed by atoms with van der Waals surface area (Å²) >= 11 is 0. The van der Waals surface area contributed by atoms with Crippen LogP contribution < -0.4 is 0 Å². The second-order valence-corrected chi connectivity index (χ2v) is 28.0. The van der Waals surface area contributed by atoms with Crippen LogP contribution in [0.5, 0.6) is 0 Å². The molecule has 0 aromatic carbocycles. The largest absolute Gasteiger partial charge is 0.472 e. The highest BCUT2D eigenvalue weighted by Crippen LogP contribution is 2.45. The lowest BCUT2D eigenvalue weighted by atomic mass is 10.0. The van der Waals surface area contributed by atoms with E-state index in [1.807, 2.05) is 0 Å². The molecule has 0 aliphatic heterocycles. The second kappa shape index (κ2) is 63.0. The number of hydrogen-bond acceptors (Lipinski definition) is 15. The fourth-order valence-electron chi connectivity index (χ4n) is 10.1. The maximum atomic E-state index is 13.0. The van der Waals surface area contributed by atoms with Crippen molar-refractivity contribution >= 4 is 39.5 Å². The van der Waals surface area contributed by atoms with Crippen molar-refractivity contribution in [1.29, 1.82) is 0 Å². The van der Waals surface area contributed by atoms with Gasteiger partial charge in [0.15, 0.2) is 12.2 Å². The van der Waals surface area contributed by atoms with E-state index in [9.17, 15) is 43.2 Å². The van der Waals surface area contributed by atoms with Gasteiger partial charge in [-0.15, -0.1) is 0 Å². The number of carbonyl (C=O) groups is 4. The number of allylic oxidation sites excluding steroid dienone is 4. The number of phosphoric ester groups is 2. The van der Waals surface area contributed by atoms with Gasteiger partial charge in [-0.2, -0.15) is 0 Å². The van der Waals surface area contributed by atoms with E-state index in [1.54, 1.807) is 0 Å². The molecule has 0 aromatic heterocycles. The fourth-order valence-corrected chi connectivity index (χ4v) is 11.7. The first-order chi connectivity index (χ1) is 43.0. The minimum absolute atomic E-state index is 0.101. The molecule has 524 valence electrons. The quantitative estimate of drug-likeness (QED) is 0.0169. The van der Waals surface area contributed by atoms with Crippen molar-refractivity contribution in [2.75, 3.05) is 39.6 Å². The lowest BCUT2D eigenvalue weighted by Gasteiger charge is -2.21. The van der Waals surface area contributed by atoms with E-state index in [1.165, 1.54) is 135 Å². The first-order valence-electron chi connectivity index (χ1n) is 36.0. The second-order valence-electron chi connectivity index (χ2n) is 25.1. The zero-order valence-corrected chi connectivity index (χ0v) is 58.8. The minimum atomic E-state index is -4.96. The molecule has 3 N–H and O–H groups in total. The van der Waals surface area contributed by atoms with Crippen LogP contribution in [0, 0.1) is 5.92 Å². The number of aliphatic hydroxyl groups is 1. The van der Waals surface area contributed by atoms with Crippen LogP contribution in [0.25, 0.3) is 0 Å². The molecule has 0 saturated heterocycles. The Kier molecular flexibility index (Phi) is 61.2. The summed E-state index contributed by atoms with van der Waals surface area (Å²) in [5.41, 5.74) is 0. The van der Waals surface area contributed by atoms with Crippen LogP contribution in [0.4, 0.5) is 0 Å². The average Bonchev–Trinajstić information content (AvgIpc) is 3.72. The molecule has 0 bridgehead atoms. The Labute approximate surface area is 542 Å². The van der Waals surface area contributed by atoms with E-state index < -0.39 is 97.5 Å². The standard InChI is InChI=1S/C70H132O17P2/c1-6-9-12-15-18-21-23-25-27-29-31-33-35-40-45-50-55-69(74)86-65(60-81-68(73)54-49-44-39-34-32-30-28-26-24-22-19-16-13-10-7-2)61-84-88(76,77)82-57-64(71)58-83-89(78,79)85-62-66(59-80-67(72)53-48-43-38-20-17-14-11-8-3)87-70(75)56-51-46-41-36-37-42-47-52-63(4)5/h22,24,26,28,63-66,71H,6-21,23,25,27,29-62H2,1-5H3,(H,76,77)(H,78,79)/b24-22-,28-26-/t64-,65-,66-/m1/s1. The lowest BCUT2D eigenvalue weighted by molar-refractivity contribution is -0.161. The Morgan fingerprint density at radius 2 is 0.607 bits per heavy atom. The van der Waals surface area contributed by atoms with Gasteiger partial charge in [-0.3, -0.25) is 37.3 Å². The van der Waals surface area contributed by atoms with Crippen molar-refractivity contribution in [2.45, 2.75) is 355 Å².